The number of hydrogen-bond donors (Lipinski definition) is 2. The molecule has 6 heteroatoms. The predicted molar refractivity (Wildman–Crippen MR) is 125 cm³/mol. The number of halogens is 1. The average Bonchev–Trinajstić information content (AvgIpc) is 2.67. The van der Waals surface area contributed by atoms with Crippen molar-refractivity contribution in [2.75, 3.05) is 45.9 Å². The summed E-state index contributed by atoms with van der Waals surface area (Å²) in [7, 11) is 0. The normalized spacial score (nSPS) is 16.7. The lowest BCUT2D eigenvalue weighted by molar-refractivity contribution is 0.172. The number of benzene rings is 1. The van der Waals surface area contributed by atoms with Crippen LogP contribution in [0.3, 0.4) is 0 Å². The molecule has 2 rings (SSSR count). The molecule has 0 aliphatic carbocycles. The highest BCUT2D eigenvalue weighted by molar-refractivity contribution is 14.0. The van der Waals surface area contributed by atoms with Gasteiger partial charge in [-0.3, -0.25) is 9.89 Å². The zero-order chi connectivity index (χ0) is 18.6. The Morgan fingerprint density at radius 2 is 1.81 bits per heavy atom. The molecule has 1 heterocycles. The summed E-state index contributed by atoms with van der Waals surface area (Å²) in [6, 6.07) is 10.7. The first-order chi connectivity index (χ1) is 12.8. The molecule has 0 radical (unpaired) electrons. The minimum absolute atomic E-state index is 0. The van der Waals surface area contributed by atoms with Crippen LogP contribution in [0.5, 0.6) is 0 Å². The Morgan fingerprint density at radius 1 is 1.11 bits per heavy atom. The van der Waals surface area contributed by atoms with Crippen molar-refractivity contribution < 1.29 is 5.11 Å². The fourth-order valence-corrected chi connectivity index (χ4v) is 3.52. The van der Waals surface area contributed by atoms with Crippen LogP contribution in [0.4, 0.5) is 0 Å². The largest absolute Gasteiger partial charge is 0.396 e. The summed E-state index contributed by atoms with van der Waals surface area (Å²) in [6.45, 7) is 11.5. The fourth-order valence-electron chi connectivity index (χ4n) is 3.52. The lowest BCUT2D eigenvalue weighted by Crippen LogP contribution is -2.52. The zero-order valence-corrected chi connectivity index (χ0v) is 19.3. The minimum atomic E-state index is 0. The van der Waals surface area contributed by atoms with Crippen molar-refractivity contribution in [3.63, 3.8) is 0 Å². The maximum Gasteiger partial charge on any atom is 0.194 e. The molecule has 0 amide bonds. The van der Waals surface area contributed by atoms with E-state index in [0.29, 0.717) is 5.92 Å². The van der Waals surface area contributed by atoms with Gasteiger partial charge in [-0.15, -0.1) is 24.0 Å². The first kappa shape index (κ1) is 24.2. The van der Waals surface area contributed by atoms with Crippen molar-refractivity contribution in [1.29, 1.82) is 0 Å². The number of rotatable bonds is 9. The van der Waals surface area contributed by atoms with Gasteiger partial charge in [-0.2, -0.15) is 0 Å². The van der Waals surface area contributed by atoms with Crippen molar-refractivity contribution >= 4 is 29.9 Å². The second kappa shape index (κ2) is 14.2. The van der Waals surface area contributed by atoms with Crippen LogP contribution < -0.4 is 5.32 Å². The van der Waals surface area contributed by atoms with Crippen LogP contribution in [0.2, 0.25) is 0 Å². The molecule has 0 aromatic heterocycles. The second-order valence-corrected chi connectivity index (χ2v) is 7.11. The molecular formula is C21H37IN4O. The molecule has 1 aliphatic heterocycles. The summed E-state index contributed by atoms with van der Waals surface area (Å²) in [5.41, 5.74) is 1.38. The SMILES string of the molecule is CCCC(CCO)CN=C(NCC)N1CCN(Cc2ccccc2)CC1.I. The number of aliphatic hydroxyl groups is 1. The van der Waals surface area contributed by atoms with E-state index in [1.165, 1.54) is 5.56 Å². The molecule has 1 aromatic rings. The number of nitrogens with zero attached hydrogens (tertiary/aromatic N) is 3. The lowest BCUT2D eigenvalue weighted by atomic mass is 10.0. The maximum atomic E-state index is 9.25. The van der Waals surface area contributed by atoms with Crippen LogP contribution in [0.1, 0.15) is 38.7 Å². The molecular weight excluding hydrogens is 451 g/mol. The van der Waals surface area contributed by atoms with E-state index in [0.717, 1.165) is 71.0 Å². The first-order valence-electron chi connectivity index (χ1n) is 10.2. The van der Waals surface area contributed by atoms with E-state index < -0.39 is 0 Å². The van der Waals surface area contributed by atoms with E-state index in [2.05, 4.69) is 59.3 Å². The number of hydrogen-bond acceptors (Lipinski definition) is 3. The fraction of sp³-hybridized carbons (Fsp3) is 0.667. The maximum absolute atomic E-state index is 9.25. The Balaban J connectivity index is 0.00000364. The van der Waals surface area contributed by atoms with Crippen LogP contribution >= 0.6 is 24.0 Å². The van der Waals surface area contributed by atoms with Gasteiger partial charge in [0.15, 0.2) is 5.96 Å². The molecule has 27 heavy (non-hydrogen) atoms. The number of piperazine rings is 1. The van der Waals surface area contributed by atoms with Crippen LogP contribution in [0.15, 0.2) is 35.3 Å². The highest BCUT2D eigenvalue weighted by atomic mass is 127. The number of guanidine groups is 1. The van der Waals surface area contributed by atoms with Crippen molar-refractivity contribution in [3.05, 3.63) is 35.9 Å². The Labute approximate surface area is 182 Å². The standard InChI is InChI=1S/C21H36N4O.HI/c1-3-8-19(11-16-26)17-23-21(22-4-2)25-14-12-24(13-15-25)18-20-9-6-5-7-10-20;/h5-7,9-10,19,26H,3-4,8,11-18H2,1-2H3,(H,22,23);1H. The third-order valence-corrected chi connectivity index (χ3v) is 4.99. The van der Waals surface area contributed by atoms with Gasteiger partial charge in [-0.1, -0.05) is 43.7 Å². The molecule has 1 aliphatic rings. The van der Waals surface area contributed by atoms with E-state index in [9.17, 15) is 5.11 Å². The third kappa shape index (κ3) is 8.79. The van der Waals surface area contributed by atoms with Crippen molar-refractivity contribution in [2.45, 2.75) is 39.7 Å². The molecule has 1 saturated heterocycles. The Hall–Kier alpha value is -0.860. The summed E-state index contributed by atoms with van der Waals surface area (Å²) in [4.78, 5) is 9.78. The summed E-state index contributed by atoms with van der Waals surface area (Å²) in [5.74, 6) is 1.52. The van der Waals surface area contributed by atoms with Crippen molar-refractivity contribution in [2.24, 2.45) is 10.9 Å². The highest BCUT2D eigenvalue weighted by Crippen LogP contribution is 2.12. The van der Waals surface area contributed by atoms with Gasteiger partial charge in [-0.05, 0) is 31.2 Å². The summed E-state index contributed by atoms with van der Waals surface area (Å²) in [5, 5.41) is 12.7. The van der Waals surface area contributed by atoms with E-state index in [1.807, 2.05) is 0 Å². The summed E-state index contributed by atoms with van der Waals surface area (Å²) < 4.78 is 0. The molecule has 1 atom stereocenters. The molecule has 0 spiro atoms. The Bertz CT molecular complexity index is 512. The highest BCUT2D eigenvalue weighted by Gasteiger charge is 2.20. The van der Waals surface area contributed by atoms with Gasteiger partial charge in [0.1, 0.15) is 0 Å². The summed E-state index contributed by atoms with van der Waals surface area (Å²) >= 11 is 0. The summed E-state index contributed by atoms with van der Waals surface area (Å²) in [6.07, 6.45) is 3.13. The molecule has 0 bridgehead atoms. The van der Waals surface area contributed by atoms with Crippen LogP contribution in [0, 0.1) is 5.92 Å². The van der Waals surface area contributed by atoms with Crippen molar-refractivity contribution in [3.8, 4) is 0 Å². The van der Waals surface area contributed by atoms with Gasteiger partial charge >= 0.3 is 0 Å². The van der Waals surface area contributed by atoms with E-state index in [4.69, 9.17) is 4.99 Å². The smallest absolute Gasteiger partial charge is 0.194 e. The van der Waals surface area contributed by atoms with Gasteiger partial charge in [0.05, 0.1) is 0 Å². The van der Waals surface area contributed by atoms with E-state index in [1.54, 1.807) is 0 Å². The van der Waals surface area contributed by atoms with E-state index >= 15 is 0 Å². The average molecular weight is 488 g/mol. The molecule has 5 nitrogen and oxygen atoms in total. The van der Waals surface area contributed by atoms with Gasteiger partial charge in [-0.25, -0.2) is 0 Å². The van der Waals surface area contributed by atoms with Gasteiger partial charge < -0.3 is 15.3 Å². The Morgan fingerprint density at radius 3 is 2.41 bits per heavy atom. The first-order valence-corrected chi connectivity index (χ1v) is 10.2. The molecule has 2 N–H and O–H groups in total. The van der Waals surface area contributed by atoms with Crippen LogP contribution in [-0.4, -0.2) is 66.7 Å². The van der Waals surface area contributed by atoms with E-state index in [-0.39, 0.29) is 30.6 Å². The van der Waals surface area contributed by atoms with Gasteiger partial charge in [0, 0.05) is 52.4 Å². The molecule has 1 unspecified atom stereocenters. The number of aliphatic imine (C=N–C) groups is 1. The number of nitrogens with one attached hydrogen (secondary N) is 1. The lowest BCUT2D eigenvalue weighted by Gasteiger charge is -2.36. The molecule has 154 valence electrons. The Kier molecular flexibility index (Phi) is 12.7. The van der Waals surface area contributed by atoms with Crippen LogP contribution in [0.25, 0.3) is 0 Å². The quantitative estimate of drug-likeness (QED) is 0.319. The topological polar surface area (TPSA) is 51.1 Å². The van der Waals surface area contributed by atoms with Gasteiger partial charge in [0.2, 0.25) is 0 Å². The predicted octanol–water partition coefficient (Wildman–Crippen LogP) is 3.19. The number of aliphatic hydroxyl groups excluding tert-OH is 1. The van der Waals surface area contributed by atoms with Crippen molar-refractivity contribution in [1.82, 2.24) is 15.1 Å². The molecule has 1 aromatic carbocycles. The molecule has 1 fully saturated rings. The second-order valence-electron chi connectivity index (χ2n) is 7.11. The zero-order valence-electron chi connectivity index (χ0n) is 16.9. The monoisotopic (exact) mass is 488 g/mol. The van der Waals surface area contributed by atoms with Crippen LogP contribution in [-0.2, 0) is 6.54 Å². The van der Waals surface area contributed by atoms with Gasteiger partial charge in [0.25, 0.3) is 0 Å². The third-order valence-electron chi connectivity index (χ3n) is 4.99. The molecule has 0 saturated carbocycles. The minimum Gasteiger partial charge on any atom is -0.396 e.